The van der Waals surface area contributed by atoms with Gasteiger partial charge in [-0.2, -0.15) is 8.42 Å². The topological polar surface area (TPSA) is 127 Å². The third-order valence-corrected chi connectivity index (χ3v) is 7.09. The fourth-order valence-corrected chi connectivity index (χ4v) is 5.33. The average Bonchev–Trinajstić information content (AvgIpc) is 2.77. The lowest BCUT2D eigenvalue weighted by Crippen LogP contribution is -2.34. The molecule has 168 valence electrons. The van der Waals surface area contributed by atoms with Crippen molar-refractivity contribution in [1.82, 2.24) is 10.3 Å². The van der Waals surface area contributed by atoms with Crippen LogP contribution in [0, 0.1) is 5.92 Å². The quantitative estimate of drug-likeness (QED) is 0.310. The lowest BCUT2D eigenvalue weighted by molar-refractivity contribution is 0.304. The zero-order valence-electron chi connectivity index (χ0n) is 17.9. The Morgan fingerprint density at radius 1 is 1.16 bits per heavy atom. The summed E-state index contributed by atoms with van der Waals surface area (Å²) in [6, 6.07) is 12.2. The standard InChI is InChI=1S/C22H32N6O2S/c1-17(15-18-9-3-2-4-10-18)26-16-19-11-5-6-12-20(19)28(27-22(23)24)31(29,30)21-13-7-8-14-25-21/h5-8,11-14,17-18,26H,2-4,9-10,15-16H2,1H3,(H4,23,24,27). The molecule has 1 aromatic carbocycles. The summed E-state index contributed by atoms with van der Waals surface area (Å²) < 4.78 is 27.4. The predicted molar refractivity (Wildman–Crippen MR) is 124 cm³/mol. The second-order valence-electron chi connectivity index (χ2n) is 8.09. The Balaban J connectivity index is 1.82. The van der Waals surface area contributed by atoms with Crippen molar-refractivity contribution in [3.8, 4) is 0 Å². The van der Waals surface area contributed by atoms with E-state index in [1.807, 2.05) is 12.1 Å². The van der Waals surface area contributed by atoms with Crippen LogP contribution < -0.4 is 21.2 Å². The molecule has 2 aromatic rings. The summed E-state index contributed by atoms with van der Waals surface area (Å²) >= 11 is 0. The number of pyridine rings is 1. The van der Waals surface area contributed by atoms with Gasteiger partial charge in [-0.05, 0) is 43.0 Å². The van der Waals surface area contributed by atoms with Gasteiger partial charge < -0.3 is 16.8 Å². The summed E-state index contributed by atoms with van der Waals surface area (Å²) in [7, 11) is -4.09. The number of benzene rings is 1. The molecule has 1 atom stereocenters. The van der Waals surface area contributed by atoms with E-state index in [0.717, 1.165) is 22.3 Å². The minimum atomic E-state index is -4.09. The molecule has 0 saturated heterocycles. The van der Waals surface area contributed by atoms with Crippen molar-refractivity contribution in [2.75, 3.05) is 4.41 Å². The molecule has 1 saturated carbocycles. The molecule has 0 amide bonds. The third-order valence-electron chi connectivity index (χ3n) is 5.59. The minimum absolute atomic E-state index is 0.131. The van der Waals surface area contributed by atoms with Crippen molar-refractivity contribution in [3.63, 3.8) is 0 Å². The van der Waals surface area contributed by atoms with Crippen molar-refractivity contribution in [2.24, 2.45) is 22.5 Å². The number of guanidine groups is 1. The highest BCUT2D eigenvalue weighted by molar-refractivity contribution is 7.92. The van der Waals surface area contributed by atoms with Crippen LogP contribution in [0.4, 0.5) is 5.69 Å². The van der Waals surface area contributed by atoms with E-state index in [0.29, 0.717) is 18.3 Å². The monoisotopic (exact) mass is 444 g/mol. The Labute approximate surface area is 184 Å². The van der Waals surface area contributed by atoms with Gasteiger partial charge in [-0.1, -0.05) is 56.4 Å². The first kappa shape index (κ1) is 23.0. The maximum Gasteiger partial charge on any atom is 0.301 e. The van der Waals surface area contributed by atoms with E-state index in [-0.39, 0.29) is 11.0 Å². The van der Waals surface area contributed by atoms with Gasteiger partial charge in [0.05, 0.1) is 5.69 Å². The molecule has 31 heavy (non-hydrogen) atoms. The number of sulfonamides is 1. The number of hydrogen-bond acceptors (Lipinski definition) is 5. The summed E-state index contributed by atoms with van der Waals surface area (Å²) in [6.45, 7) is 2.67. The van der Waals surface area contributed by atoms with Crippen LogP contribution >= 0.6 is 0 Å². The van der Waals surface area contributed by atoms with Gasteiger partial charge in [0, 0.05) is 18.8 Å². The van der Waals surface area contributed by atoms with E-state index < -0.39 is 10.0 Å². The molecule has 1 aliphatic rings. The Hall–Kier alpha value is -2.65. The van der Waals surface area contributed by atoms with Gasteiger partial charge in [0.2, 0.25) is 5.96 Å². The number of para-hydroxylation sites is 1. The number of hydrazone groups is 1. The lowest BCUT2D eigenvalue weighted by Gasteiger charge is -2.26. The number of nitrogens with two attached hydrogens (primary N) is 2. The van der Waals surface area contributed by atoms with Crippen LogP contribution in [0.1, 0.15) is 51.0 Å². The molecule has 1 heterocycles. The highest BCUT2D eigenvalue weighted by Crippen LogP contribution is 2.29. The number of rotatable bonds is 9. The molecule has 5 N–H and O–H groups in total. The number of nitrogens with zero attached hydrogens (tertiary/aromatic N) is 3. The highest BCUT2D eigenvalue weighted by Gasteiger charge is 2.28. The van der Waals surface area contributed by atoms with Crippen LogP contribution in [0.2, 0.25) is 0 Å². The van der Waals surface area contributed by atoms with Crippen molar-refractivity contribution >= 4 is 21.7 Å². The summed E-state index contributed by atoms with van der Waals surface area (Å²) in [5.74, 6) is 0.405. The van der Waals surface area contributed by atoms with Gasteiger partial charge >= 0.3 is 10.0 Å². The average molecular weight is 445 g/mol. The first-order valence-corrected chi connectivity index (χ1v) is 12.2. The molecule has 9 heteroatoms. The molecule has 1 aromatic heterocycles. The summed E-state index contributed by atoms with van der Waals surface area (Å²) in [6.07, 6.45) is 9.11. The zero-order valence-corrected chi connectivity index (χ0v) is 18.8. The second kappa shape index (κ2) is 10.6. The van der Waals surface area contributed by atoms with Crippen LogP contribution in [0.3, 0.4) is 0 Å². The van der Waals surface area contributed by atoms with E-state index in [1.165, 1.54) is 44.4 Å². The second-order valence-corrected chi connectivity index (χ2v) is 9.81. The third kappa shape index (κ3) is 6.18. The van der Waals surface area contributed by atoms with Crippen LogP contribution in [0.15, 0.2) is 58.8 Å². The first-order valence-electron chi connectivity index (χ1n) is 10.7. The predicted octanol–water partition coefficient (Wildman–Crippen LogP) is 2.91. The molecular formula is C22H32N6O2S. The van der Waals surface area contributed by atoms with E-state index in [9.17, 15) is 8.42 Å². The van der Waals surface area contributed by atoms with Gasteiger partial charge in [0.1, 0.15) is 0 Å². The van der Waals surface area contributed by atoms with Crippen molar-refractivity contribution in [2.45, 2.75) is 63.1 Å². The number of hydrogen-bond donors (Lipinski definition) is 3. The Kier molecular flexibility index (Phi) is 7.86. The van der Waals surface area contributed by atoms with E-state index in [4.69, 9.17) is 11.5 Å². The fraction of sp³-hybridized carbons (Fsp3) is 0.455. The summed E-state index contributed by atoms with van der Waals surface area (Å²) in [4.78, 5) is 3.98. The summed E-state index contributed by atoms with van der Waals surface area (Å²) in [5, 5.41) is 7.33. The number of aromatic nitrogens is 1. The van der Waals surface area contributed by atoms with Gasteiger partial charge in [0.25, 0.3) is 0 Å². The summed E-state index contributed by atoms with van der Waals surface area (Å²) in [5.41, 5.74) is 12.3. The van der Waals surface area contributed by atoms with E-state index in [2.05, 4.69) is 22.3 Å². The molecule has 0 spiro atoms. The fourth-order valence-electron chi connectivity index (χ4n) is 4.07. The van der Waals surface area contributed by atoms with Gasteiger partial charge in [-0.15, -0.1) is 9.52 Å². The Bertz CT molecular complexity index is 971. The maximum absolute atomic E-state index is 13.2. The molecule has 0 bridgehead atoms. The smallest absolute Gasteiger partial charge is 0.301 e. The molecular weight excluding hydrogens is 412 g/mol. The minimum Gasteiger partial charge on any atom is -0.369 e. The molecule has 1 unspecified atom stereocenters. The maximum atomic E-state index is 13.2. The normalized spacial score (nSPS) is 15.9. The first-order chi connectivity index (χ1) is 14.9. The van der Waals surface area contributed by atoms with Crippen LogP contribution in [-0.2, 0) is 16.6 Å². The molecule has 1 aliphatic carbocycles. The van der Waals surface area contributed by atoms with E-state index >= 15 is 0 Å². The van der Waals surface area contributed by atoms with E-state index in [1.54, 1.807) is 24.3 Å². The lowest BCUT2D eigenvalue weighted by atomic mass is 9.85. The van der Waals surface area contributed by atoms with Gasteiger partial charge in [-0.25, -0.2) is 4.98 Å². The van der Waals surface area contributed by atoms with Gasteiger partial charge in [0.15, 0.2) is 5.03 Å². The van der Waals surface area contributed by atoms with Crippen LogP contribution in [0.5, 0.6) is 0 Å². The number of anilines is 1. The van der Waals surface area contributed by atoms with Crippen LogP contribution in [-0.4, -0.2) is 25.4 Å². The van der Waals surface area contributed by atoms with Gasteiger partial charge in [-0.3, -0.25) is 0 Å². The SMILES string of the molecule is CC(CC1CCCCC1)NCc1ccccc1N(N=C(N)N)S(=O)(=O)c1ccccn1. The molecule has 8 nitrogen and oxygen atoms in total. The van der Waals surface area contributed by atoms with Crippen molar-refractivity contribution < 1.29 is 8.42 Å². The molecule has 1 fully saturated rings. The Morgan fingerprint density at radius 3 is 2.55 bits per heavy atom. The Morgan fingerprint density at radius 2 is 1.87 bits per heavy atom. The largest absolute Gasteiger partial charge is 0.369 e. The van der Waals surface area contributed by atoms with Crippen molar-refractivity contribution in [1.29, 1.82) is 0 Å². The molecule has 3 rings (SSSR count). The van der Waals surface area contributed by atoms with Crippen LogP contribution in [0.25, 0.3) is 0 Å². The highest BCUT2D eigenvalue weighted by atomic mass is 32.2. The van der Waals surface area contributed by atoms with Crippen molar-refractivity contribution in [3.05, 3.63) is 54.2 Å². The zero-order chi connectivity index (χ0) is 22.3. The molecule has 0 radical (unpaired) electrons. The number of nitrogens with one attached hydrogen (secondary N) is 1. The molecule has 0 aliphatic heterocycles.